The van der Waals surface area contributed by atoms with Gasteiger partial charge in [-0.25, -0.2) is 0 Å². The number of thiophene rings is 1. The van der Waals surface area contributed by atoms with Crippen molar-refractivity contribution in [1.82, 2.24) is 0 Å². The molecule has 2 aromatic rings. The predicted octanol–water partition coefficient (Wildman–Crippen LogP) is 5.06. The lowest BCUT2D eigenvalue weighted by Crippen LogP contribution is -2.38. The van der Waals surface area contributed by atoms with Gasteiger partial charge in [-0.3, -0.25) is 0 Å². The van der Waals surface area contributed by atoms with Crippen molar-refractivity contribution in [3.63, 3.8) is 0 Å². The Kier molecular flexibility index (Phi) is 5.10. The summed E-state index contributed by atoms with van der Waals surface area (Å²) in [6.07, 6.45) is 3.78. The van der Waals surface area contributed by atoms with E-state index in [4.69, 9.17) is 14.7 Å². The molecule has 1 aromatic heterocycles. The molecule has 0 unspecified atom stereocenters. The second-order valence-corrected chi connectivity index (χ2v) is 9.24. The molecule has 1 aliphatic heterocycles. The van der Waals surface area contributed by atoms with E-state index in [0.717, 1.165) is 43.6 Å². The smallest absolute Gasteiger partial charge is 0.0982 e. The van der Waals surface area contributed by atoms with E-state index >= 15 is 0 Å². The maximum Gasteiger partial charge on any atom is 0.0982 e. The van der Waals surface area contributed by atoms with Crippen LogP contribution in [0.3, 0.4) is 0 Å². The van der Waals surface area contributed by atoms with Crippen LogP contribution in [0.25, 0.3) is 0 Å². The number of hydrogen-bond acceptors (Lipinski definition) is 6. The number of fused-ring (bicyclic) bond motifs is 1. The van der Waals surface area contributed by atoms with Crippen molar-refractivity contribution in [2.75, 3.05) is 13.7 Å². The Hall–Kier alpha value is -1.34. The van der Waals surface area contributed by atoms with E-state index in [-0.39, 0.29) is 11.7 Å². The van der Waals surface area contributed by atoms with E-state index in [1.54, 1.807) is 23.1 Å². The Morgan fingerprint density at radius 2 is 2.23 bits per heavy atom. The molecule has 0 bridgehead atoms. The van der Waals surface area contributed by atoms with Crippen molar-refractivity contribution >= 4 is 28.8 Å². The van der Waals surface area contributed by atoms with Crippen molar-refractivity contribution in [2.45, 2.75) is 53.4 Å². The van der Waals surface area contributed by atoms with E-state index in [2.05, 4.69) is 41.7 Å². The summed E-state index contributed by atoms with van der Waals surface area (Å²) >= 11 is 3.56. The molecule has 1 aliphatic carbocycles. The molecule has 138 valence electrons. The van der Waals surface area contributed by atoms with Gasteiger partial charge in [-0.2, -0.15) is 0 Å². The lowest BCUT2D eigenvalue weighted by atomic mass is 9.85. The highest BCUT2D eigenvalue weighted by molar-refractivity contribution is 8.01. The Balaban J connectivity index is 1.54. The molecule has 1 aromatic carbocycles. The van der Waals surface area contributed by atoms with Gasteiger partial charge in [-0.05, 0) is 54.5 Å². The molecule has 4 nitrogen and oxygen atoms in total. The van der Waals surface area contributed by atoms with Crippen LogP contribution in [0.5, 0.6) is 0 Å². The molecule has 26 heavy (non-hydrogen) atoms. The maximum atomic E-state index is 9.07. The highest BCUT2D eigenvalue weighted by Crippen LogP contribution is 2.43. The first-order valence-electron chi connectivity index (χ1n) is 8.91. The van der Waals surface area contributed by atoms with Crippen molar-refractivity contribution in [2.24, 2.45) is 5.16 Å². The summed E-state index contributed by atoms with van der Waals surface area (Å²) in [6.45, 7) is 2.86. The van der Waals surface area contributed by atoms with Crippen LogP contribution >= 0.6 is 23.1 Å². The average molecular weight is 390 g/mol. The van der Waals surface area contributed by atoms with E-state index in [1.165, 1.54) is 20.2 Å². The first-order chi connectivity index (χ1) is 12.6. The number of hydrogen-bond donors (Lipinski definition) is 1. The number of rotatable bonds is 4. The van der Waals surface area contributed by atoms with Crippen LogP contribution < -0.4 is 0 Å². The quantitative estimate of drug-likeness (QED) is 0.586. The van der Waals surface area contributed by atoms with Gasteiger partial charge in [0, 0.05) is 30.4 Å². The summed E-state index contributed by atoms with van der Waals surface area (Å²) < 4.78 is 12.9. The third kappa shape index (κ3) is 3.31. The van der Waals surface area contributed by atoms with Crippen molar-refractivity contribution < 1.29 is 14.7 Å². The fraction of sp³-hybridized carbons (Fsp3) is 0.450. The fourth-order valence-corrected chi connectivity index (χ4v) is 6.06. The first kappa shape index (κ1) is 18.0. The Labute approximate surface area is 162 Å². The van der Waals surface area contributed by atoms with E-state index in [9.17, 15) is 0 Å². The largest absolute Gasteiger partial charge is 0.411 e. The molecule has 2 atom stereocenters. The molecular weight excluding hydrogens is 366 g/mol. The molecule has 1 saturated heterocycles. The molecule has 2 aliphatic rings. The van der Waals surface area contributed by atoms with E-state index < -0.39 is 0 Å². The van der Waals surface area contributed by atoms with Crippen molar-refractivity contribution in [3.05, 3.63) is 46.3 Å². The number of ether oxygens (including phenoxy) is 2. The van der Waals surface area contributed by atoms with Gasteiger partial charge in [0.25, 0.3) is 0 Å². The second kappa shape index (κ2) is 7.35. The van der Waals surface area contributed by atoms with Gasteiger partial charge in [0.15, 0.2) is 0 Å². The number of aryl methyl sites for hydroxylation is 1. The molecule has 1 fully saturated rings. The van der Waals surface area contributed by atoms with Crippen LogP contribution in [0.15, 0.2) is 43.9 Å². The molecule has 6 heteroatoms. The minimum atomic E-state index is -0.225. The van der Waals surface area contributed by atoms with Crippen LogP contribution in [-0.4, -0.2) is 30.7 Å². The highest BCUT2D eigenvalue weighted by atomic mass is 32.2. The number of nitrogens with zero attached hydrogens (tertiary/aromatic N) is 1. The number of oxime groups is 1. The molecule has 0 radical (unpaired) electrons. The zero-order valence-electron chi connectivity index (χ0n) is 15.0. The summed E-state index contributed by atoms with van der Waals surface area (Å²) in [5.74, 6) is 0. The van der Waals surface area contributed by atoms with Crippen LogP contribution in [0, 0.1) is 0 Å². The maximum absolute atomic E-state index is 9.07. The molecule has 0 amide bonds. The zero-order valence-corrected chi connectivity index (χ0v) is 16.7. The summed E-state index contributed by atoms with van der Waals surface area (Å²) in [4.78, 5) is 1.23. The minimum absolute atomic E-state index is 0.221. The van der Waals surface area contributed by atoms with E-state index in [1.807, 2.05) is 7.11 Å². The van der Waals surface area contributed by atoms with Gasteiger partial charge in [0.05, 0.1) is 28.2 Å². The van der Waals surface area contributed by atoms with Crippen molar-refractivity contribution in [3.8, 4) is 0 Å². The monoisotopic (exact) mass is 389 g/mol. The van der Waals surface area contributed by atoms with Gasteiger partial charge in [0.2, 0.25) is 0 Å². The second-order valence-electron chi connectivity index (χ2n) is 6.96. The van der Waals surface area contributed by atoms with Gasteiger partial charge in [-0.15, -0.1) is 11.3 Å². The topological polar surface area (TPSA) is 51.0 Å². The zero-order chi connectivity index (χ0) is 18.1. The van der Waals surface area contributed by atoms with Crippen LogP contribution in [-0.2, 0) is 21.5 Å². The lowest BCUT2D eigenvalue weighted by molar-refractivity contribution is -0.122. The molecule has 0 saturated carbocycles. The van der Waals surface area contributed by atoms with Gasteiger partial charge in [0.1, 0.15) is 0 Å². The Morgan fingerprint density at radius 3 is 3.00 bits per heavy atom. The standard InChI is InChI=1S/C20H23NO3S2/c1-13-11-20(23-2,7-8-24-13)15-10-19(25-12-15)26-16-4-5-17-14(9-16)3-6-18(17)21-22/h4-5,9-10,12-13,22H,3,6-8,11H2,1-2H3/b21-18+/t13-,20+/m0/s1. The fourth-order valence-electron chi connectivity index (χ4n) is 3.95. The third-order valence-electron chi connectivity index (χ3n) is 5.38. The van der Waals surface area contributed by atoms with Crippen LogP contribution in [0.2, 0.25) is 0 Å². The average Bonchev–Trinajstić information content (AvgIpc) is 3.28. The summed E-state index contributed by atoms with van der Waals surface area (Å²) in [5, 5.41) is 14.7. The number of methoxy groups -OCH3 is 1. The summed E-state index contributed by atoms with van der Waals surface area (Å²) in [7, 11) is 1.81. The van der Waals surface area contributed by atoms with Gasteiger partial charge < -0.3 is 14.7 Å². The SMILES string of the molecule is CO[C@]1(c2csc(Sc3ccc4c(c3)CC/C4=N\O)c2)CCO[C@@H](C)C1. The van der Waals surface area contributed by atoms with E-state index in [0.29, 0.717) is 0 Å². The lowest BCUT2D eigenvalue weighted by Gasteiger charge is -2.38. The van der Waals surface area contributed by atoms with Crippen molar-refractivity contribution in [1.29, 1.82) is 0 Å². The molecule has 1 N–H and O–H groups in total. The molecular formula is C20H23NO3S2. The predicted molar refractivity (Wildman–Crippen MR) is 105 cm³/mol. The van der Waals surface area contributed by atoms with Gasteiger partial charge >= 0.3 is 0 Å². The molecule has 4 rings (SSSR count). The molecule has 2 heterocycles. The number of benzene rings is 1. The minimum Gasteiger partial charge on any atom is -0.411 e. The Morgan fingerprint density at radius 1 is 1.35 bits per heavy atom. The molecule has 0 spiro atoms. The van der Waals surface area contributed by atoms with Crippen LogP contribution in [0.1, 0.15) is 42.9 Å². The normalized spacial score (nSPS) is 27.0. The van der Waals surface area contributed by atoms with Crippen LogP contribution in [0.4, 0.5) is 0 Å². The summed E-state index contributed by atoms with van der Waals surface area (Å²) in [6, 6.07) is 8.68. The Bertz CT molecular complexity index is 832. The first-order valence-corrected chi connectivity index (χ1v) is 10.6. The summed E-state index contributed by atoms with van der Waals surface area (Å²) in [5.41, 5.74) is 4.19. The highest BCUT2D eigenvalue weighted by Gasteiger charge is 2.38. The third-order valence-corrected chi connectivity index (χ3v) is 7.44. The van der Waals surface area contributed by atoms with Gasteiger partial charge in [-0.1, -0.05) is 23.0 Å².